The van der Waals surface area contributed by atoms with Crippen molar-refractivity contribution < 1.29 is 23.4 Å². The van der Waals surface area contributed by atoms with Crippen molar-refractivity contribution in [2.24, 2.45) is 0 Å². The summed E-state index contributed by atoms with van der Waals surface area (Å²) in [4.78, 5) is 10.4. The van der Waals surface area contributed by atoms with Gasteiger partial charge in [0.1, 0.15) is 17.3 Å². The van der Waals surface area contributed by atoms with E-state index in [4.69, 9.17) is 5.11 Å². The Kier molecular flexibility index (Phi) is 3.41. The molecular weight excluding hydrogens is 260 g/mol. The molecule has 2 aromatic rings. The maximum Gasteiger partial charge on any atom is 0.512 e. The number of rotatable bonds is 3. The number of halogens is 2. The summed E-state index contributed by atoms with van der Waals surface area (Å²) in [6.45, 7) is 1.28. The van der Waals surface area contributed by atoms with Crippen LogP contribution in [-0.4, -0.2) is 26.3 Å². The smallest absolute Gasteiger partial charge is 0.449 e. The Balaban J connectivity index is 2.29. The molecule has 1 aromatic carbocycles. The van der Waals surface area contributed by atoms with E-state index in [2.05, 4.69) is 15.0 Å². The summed E-state index contributed by atoms with van der Waals surface area (Å²) in [6, 6.07) is 3.50. The minimum Gasteiger partial charge on any atom is -0.449 e. The standard InChI is InChI=1S/C11H9F2N3O3/c1-6-10(19-11(17)18)14-15-16(6)5-7-8(12)3-2-4-9(7)13/h2-4H,5H2,1H3,(H,17,18). The SMILES string of the molecule is Cc1c(OC(=O)O)nnn1Cc1c(F)cccc1F. The Hall–Kier alpha value is -2.51. The molecule has 0 spiro atoms. The molecule has 100 valence electrons. The molecule has 1 aromatic heterocycles. The predicted molar refractivity (Wildman–Crippen MR) is 58.9 cm³/mol. The number of hydrogen-bond donors (Lipinski definition) is 1. The lowest BCUT2D eigenvalue weighted by molar-refractivity contribution is 0.142. The summed E-state index contributed by atoms with van der Waals surface area (Å²) < 4.78 is 32.4. The quantitative estimate of drug-likeness (QED) is 0.862. The molecular formula is C11H9F2N3O3. The number of carbonyl (C=O) groups is 1. The Morgan fingerprint density at radius 2 is 2.05 bits per heavy atom. The molecule has 0 fully saturated rings. The van der Waals surface area contributed by atoms with Crippen LogP contribution in [0.2, 0.25) is 0 Å². The third-order valence-electron chi connectivity index (χ3n) is 2.49. The second kappa shape index (κ2) is 5.01. The molecule has 6 nitrogen and oxygen atoms in total. The largest absolute Gasteiger partial charge is 0.512 e. The van der Waals surface area contributed by atoms with Gasteiger partial charge >= 0.3 is 6.16 Å². The first-order chi connectivity index (χ1) is 8.99. The van der Waals surface area contributed by atoms with Crippen LogP contribution in [0.3, 0.4) is 0 Å². The van der Waals surface area contributed by atoms with Crippen LogP contribution < -0.4 is 4.74 Å². The minimum atomic E-state index is -1.53. The van der Waals surface area contributed by atoms with Crippen molar-refractivity contribution in [3.05, 3.63) is 41.1 Å². The zero-order valence-corrected chi connectivity index (χ0v) is 9.80. The monoisotopic (exact) mass is 269 g/mol. The lowest BCUT2D eigenvalue weighted by Gasteiger charge is -2.06. The van der Waals surface area contributed by atoms with Crippen molar-refractivity contribution >= 4 is 6.16 Å². The van der Waals surface area contributed by atoms with Gasteiger partial charge in [0, 0.05) is 5.56 Å². The summed E-state index contributed by atoms with van der Waals surface area (Å²) in [5, 5.41) is 15.5. The molecule has 0 radical (unpaired) electrons. The summed E-state index contributed by atoms with van der Waals surface area (Å²) in [5.74, 6) is -1.64. The molecule has 0 amide bonds. The molecule has 8 heteroatoms. The van der Waals surface area contributed by atoms with Gasteiger partial charge in [-0.15, -0.1) is 0 Å². The van der Waals surface area contributed by atoms with Gasteiger partial charge in [0.15, 0.2) is 0 Å². The molecule has 0 aliphatic rings. The molecule has 0 aliphatic carbocycles. The lowest BCUT2D eigenvalue weighted by Crippen LogP contribution is -2.09. The van der Waals surface area contributed by atoms with Gasteiger partial charge in [0.25, 0.3) is 5.88 Å². The van der Waals surface area contributed by atoms with Crippen LogP contribution in [0.1, 0.15) is 11.3 Å². The summed E-state index contributed by atoms with van der Waals surface area (Å²) in [7, 11) is 0. The van der Waals surface area contributed by atoms with Gasteiger partial charge in [-0.3, -0.25) is 0 Å². The van der Waals surface area contributed by atoms with Gasteiger partial charge in [-0.25, -0.2) is 18.3 Å². The molecule has 1 N–H and O–H groups in total. The molecule has 0 bridgehead atoms. The first kappa shape index (κ1) is 12.9. The van der Waals surface area contributed by atoms with Crippen LogP contribution in [0.4, 0.5) is 13.6 Å². The third kappa shape index (κ3) is 2.67. The van der Waals surface area contributed by atoms with Crippen LogP contribution in [0.25, 0.3) is 0 Å². The van der Waals surface area contributed by atoms with Crippen molar-refractivity contribution in [2.45, 2.75) is 13.5 Å². The fourth-order valence-electron chi connectivity index (χ4n) is 1.50. The zero-order valence-electron chi connectivity index (χ0n) is 9.80. The van der Waals surface area contributed by atoms with Crippen LogP contribution >= 0.6 is 0 Å². The number of carboxylic acid groups (broad SMARTS) is 1. The van der Waals surface area contributed by atoms with E-state index in [1.165, 1.54) is 13.0 Å². The van der Waals surface area contributed by atoms with E-state index < -0.39 is 17.8 Å². The molecule has 19 heavy (non-hydrogen) atoms. The summed E-state index contributed by atoms with van der Waals surface area (Å²) in [6.07, 6.45) is -1.53. The molecule has 0 saturated carbocycles. The van der Waals surface area contributed by atoms with Crippen molar-refractivity contribution in [2.75, 3.05) is 0 Å². The zero-order chi connectivity index (χ0) is 14.0. The van der Waals surface area contributed by atoms with Gasteiger partial charge in [0.05, 0.1) is 6.54 Å². The first-order valence-corrected chi connectivity index (χ1v) is 5.22. The number of benzene rings is 1. The fourth-order valence-corrected chi connectivity index (χ4v) is 1.50. The van der Waals surface area contributed by atoms with Crippen LogP contribution in [0, 0.1) is 18.6 Å². The van der Waals surface area contributed by atoms with Gasteiger partial charge in [-0.1, -0.05) is 16.4 Å². The highest BCUT2D eigenvalue weighted by Crippen LogP contribution is 2.17. The Bertz CT molecular complexity index is 607. The molecule has 1 heterocycles. The summed E-state index contributed by atoms with van der Waals surface area (Å²) in [5.41, 5.74) is 0.0717. The van der Waals surface area contributed by atoms with Gasteiger partial charge in [0.2, 0.25) is 0 Å². The van der Waals surface area contributed by atoms with Gasteiger partial charge < -0.3 is 9.84 Å². The van der Waals surface area contributed by atoms with Crippen LogP contribution in [0.5, 0.6) is 5.88 Å². The minimum absolute atomic E-state index is 0.183. The second-order valence-electron chi connectivity index (χ2n) is 3.71. The Morgan fingerprint density at radius 1 is 1.42 bits per heavy atom. The molecule has 0 unspecified atom stereocenters. The third-order valence-corrected chi connectivity index (χ3v) is 2.49. The number of nitrogens with zero attached hydrogens (tertiary/aromatic N) is 3. The number of hydrogen-bond acceptors (Lipinski definition) is 4. The normalized spacial score (nSPS) is 10.5. The highest BCUT2D eigenvalue weighted by Gasteiger charge is 2.16. The van der Waals surface area contributed by atoms with Gasteiger partial charge in [-0.05, 0) is 19.1 Å². The number of ether oxygens (including phenoxy) is 1. The van der Waals surface area contributed by atoms with E-state index >= 15 is 0 Å². The van der Waals surface area contributed by atoms with Crippen LogP contribution in [0.15, 0.2) is 18.2 Å². The fraction of sp³-hybridized carbons (Fsp3) is 0.182. The lowest BCUT2D eigenvalue weighted by atomic mass is 10.2. The molecule has 0 aliphatic heterocycles. The average molecular weight is 269 g/mol. The van der Waals surface area contributed by atoms with Crippen LogP contribution in [-0.2, 0) is 6.54 Å². The highest BCUT2D eigenvalue weighted by atomic mass is 19.1. The summed E-state index contributed by atoms with van der Waals surface area (Å²) >= 11 is 0. The van der Waals surface area contributed by atoms with Gasteiger partial charge in [-0.2, -0.15) is 0 Å². The van der Waals surface area contributed by atoms with E-state index in [9.17, 15) is 13.6 Å². The Morgan fingerprint density at radius 3 is 2.63 bits per heavy atom. The maximum atomic E-state index is 13.5. The topological polar surface area (TPSA) is 77.2 Å². The Labute approximate surface area is 106 Å². The van der Waals surface area contributed by atoms with E-state index in [0.29, 0.717) is 0 Å². The van der Waals surface area contributed by atoms with Crippen molar-refractivity contribution in [3.8, 4) is 5.88 Å². The molecule has 2 rings (SSSR count). The highest BCUT2D eigenvalue weighted by molar-refractivity contribution is 5.60. The van der Waals surface area contributed by atoms with E-state index in [1.54, 1.807) is 0 Å². The van der Waals surface area contributed by atoms with E-state index in [0.717, 1.165) is 16.8 Å². The predicted octanol–water partition coefficient (Wildman–Crippen LogP) is 1.97. The van der Waals surface area contributed by atoms with E-state index in [1.807, 2.05) is 0 Å². The molecule has 0 saturated heterocycles. The number of aromatic nitrogens is 3. The van der Waals surface area contributed by atoms with Crippen molar-refractivity contribution in [1.82, 2.24) is 15.0 Å². The van der Waals surface area contributed by atoms with Crippen molar-refractivity contribution in [1.29, 1.82) is 0 Å². The first-order valence-electron chi connectivity index (χ1n) is 5.22. The van der Waals surface area contributed by atoms with E-state index in [-0.39, 0.29) is 23.7 Å². The maximum absolute atomic E-state index is 13.5. The second-order valence-corrected chi connectivity index (χ2v) is 3.71. The average Bonchev–Trinajstić information content (AvgIpc) is 2.66. The molecule has 0 atom stereocenters. The van der Waals surface area contributed by atoms with Crippen molar-refractivity contribution in [3.63, 3.8) is 0 Å².